The van der Waals surface area contributed by atoms with Crippen molar-refractivity contribution < 1.29 is 4.79 Å². The van der Waals surface area contributed by atoms with E-state index in [4.69, 9.17) is 0 Å². The minimum Gasteiger partial charge on any atom is -0.356 e. The molecule has 0 unspecified atom stereocenters. The zero-order valence-corrected chi connectivity index (χ0v) is 15.3. The number of aromatic nitrogens is 2. The Hall–Kier alpha value is -1.36. The standard InChI is InChI=1S/C18H27N3OS/c1-13-16(14(2)21-18(20-13)23-3)9-10-17(22)19-12-11-15-7-5-4-6-8-15/h7H,4-6,8-12H2,1-3H3,(H,19,22). The molecule has 0 bridgehead atoms. The summed E-state index contributed by atoms with van der Waals surface area (Å²) < 4.78 is 0. The summed E-state index contributed by atoms with van der Waals surface area (Å²) in [6.45, 7) is 4.75. The van der Waals surface area contributed by atoms with Gasteiger partial charge in [0.25, 0.3) is 0 Å². The van der Waals surface area contributed by atoms with Crippen LogP contribution in [0.25, 0.3) is 0 Å². The van der Waals surface area contributed by atoms with Crippen molar-refractivity contribution in [3.63, 3.8) is 0 Å². The number of amides is 1. The smallest absolute Gasteiger partial charge is 0.220 e. The number of aryl methyl sites for hydroxylation is 2. The summed E-state index contributed by atoms with van der Waals surface area (Å²) in [4.78, 5) is 21.0. The summed E-state index contributed by atoms with van der Waals surface area (Å²) in [6, 6.07) is 0. The summed E-state index contributed by atoms with van der Waals surface area (Å²) in [6.07, 6.45) is 11.5. The minimum absolute atomic E-state index is 0.120. The van der Waals surface area contributed by atoms with E-state index in [0.29, 0.717) is 12.8 Å². The molecule has 2 rings (SSSR count). The Kier molecular flexibility index (Phi) is 7.09. The number of hydrogen-bond donors (Lipinski definition) is 1. The molecule has 1 N–H and O–H groups in total. The van der Waals surface area contributed by atoms with Crippen LogP contribution in [-0.4, -0.2) is 28.7 Å². The molecule has 1 aromatic rings. The lowest BCUT2D eigenvalue weighted by molar-refractivity contribution is -0.121. The fourth-order valence-electron chi connectivity index (χ4n) is 2.98. The molecule has 0 fully saturated rings. The normalized spacial score (nSPS) is 14.5. The van der Waals surface area contributed by atoms with Crippen molar-refractivity contribution in [1.29, 1.82) is 0 Å². The molecule has 0 saturated heterocycles. The van der Waals surface area contributed by atoms with Gasteiger partial charge < -0.3 is 5.32 Å². The largest absolute Gasteiger partial charge is 0.356 e. The van der Waals surface area contributed by atoms with Crippen LogP contribution in [0.3, 0.4) is 0 Å². The Morgan fingerprint density at radius 2 is 1.96 bits per heavy atom. The Balaban J connectivity index is 1.77. The van der Waals surface area contributed by atoms with Gasteiger partial charge in [0.1, 0.15) is 0 Å². The monoisotopic (exact) mass is 333 g/mol. The topological polar surface area (TPSA) is 54.9 Å². The van der Waals surface area contributed by atoms with Crippen LogP contribution in [0.2, 0.25) is 0 Å². The zero-order chi connectivity index (χ0) is 16.7. The molecule has 0 aliphatic heterocycles. The third-order valence-electron chi connectivity index (χ3n) is 4.34. The highest BCUT2D eigenvalue weighted by atomic mass is 32.2. The van der Waals surface area contributed by atoms with Crippen LogP contribution >= 0.6 is 11.8 Å². The van der Waals surface area contributed by atoms with E-state index < -0.39 is 0 Å². The maximum absolute atomic E-state index is 12.0. The maximum Gasteiger partial charge on any atom is 0.220 e. The van der Waals surface area contributed by atoms with Crippen LogP contribution in [-0.2, 0) is 11.2 Å². The number of nitrogens with one attached hydrogen (secondary N) is 1. The number of carbonyl (C=O) groups excluding carboxylic acids is 1. The van der Waals surface area contributed by atoms with Gasteiger partial charge in [-0.1, -0.05) is 23.4 Å². The van der Waals surface area contributed by atoms with Gasteiger partial charge in [-0.2, -0.15) is 0 Å². The molecule has 0 spiro atoms. The van der Waals surface area contributed by atoms with Crippen molar-refractivity contribution >= 4 is 17.7 Å². The van der Waals surface area contributed by atoms with E-state index in [1.165, 1.54) is 31.3 Å². The summed E-state index contributed by atoms with van der Waals surface area (Å²) >= 11 is 1.55. The highest BCUT2D eigenvalue weighted by Crippen LogP contribution is 2.19. The van der Waals surface area contributed by atoms with Gasteiger partial charge in [0, 0.05) is 24.4 Å². The van der Waals surface area contributed by atoms with E-state index in [-0.39, 0.29) is 5.91 Å². The predicted molar refractivity (Wildman–Crippen MR) is 95.8 cm³/mol. The summed E-state index contributed by atoms with van der Waals surface area (Å²) in [5.41, 5.74) is 4.58. The highest BCUT2D eigenvalue weighted by Gasteiger charge is 2.11. The van der Waals surface area contributed by atoms with E-state index in [0.717, 1.165) is 35.1 Å². The van der Waals surface area contributed by atoms with Gasteiger partial charge in [-0.05, 0) is 64.2 Å². The third-order valence-corrected chi connectivity index (χ3v) is 4.89. The first-order valence-corrected chi connectivity index (χ1v) is 9.65. The van der Waals surface area contributed by atoms with Crippen molar-refractivity contribution in [3.8, 4) is 0 Å². The molecule has 23 heavy (non-hydrogen) atoms. The van der Waals surface area contributed by atoms with Gasteiger partial charge in [-0.15, -0.1) is 0 Å². The van der Waals surface area contributed by atoms with E-state index in [1.807, 2.05) is 20.1 Å². The van der Waals surface area contributed by atoms with Crippen LogP contribution < -0.4 is 5.32 Å². The zero-order valence-electron chi connectivity index (χ0n) is 14.4. The van der Waals surface area contributed by atoms with Crippen LogP contribution in [0.15, 0.2) is 16.8 Å². The Morgan fingerprint density at radius 3 is 2.57 bits per heavy atom. The molecular formula is C18H27N3OS. The summed E-state index contributed by atoms with van der Waals surface area (Å²) in [5, 5.41) is 3.84. The lowest BCUT2D eigenvalue weighted by atomic mass is 9.97. The predicted octanol–water partition coefficient (Wildman–Crippen LogP) is 3.75. The van der Waals surface area contributed by atoms with Gasteiger partial charge in [-0.25, -0.2) is 9.97 Å². The van der Waals surface area contributed by atoms with Crippen molar-refractivity contribution in [3.05, 3.63) is 28.6 Å². The molecule has 0 atom stereocenters. The average molecular weight is 334 g/mol. The van der Waals surface area contributed by atoms with E-state index in [2.05, 4.69) is 21.4 Å². The van der Waals surface area contributed by atoms with Crippen molar-refractivity contribution in [1.82, 2.24) is 15.3 Å². The van der Waals surface area contributed by atoms with E-state index in [1.54, 1.807) is 11.8 Å². The molecule has 1 aliphatic rings. The number of carbonyl (C=O) groups is 1. The van der Waals surface area contributed by atoms with Crippen LogP contribution in [0.5, 0.6) is 0 Å². The number of rotatable bonds is 7. The van der Waals surface area contributed by atoms with Gasteiger partial charge in [-0.3, -0.25) is 4.79 Å². The van der Waals surface area contributed by atoms with E-state index in [9.17, 15) is 4.79 Å². The Labute approximate surface area is 143 Å². The fraction of sp³-hybridized carbons (Fsp3) is 0.611. The van der Waals surface area contributed by atoms with Gasteiger partial charge in [0.2, 0.25) is 5.91 Å². The molecule has 0 saturated carbocycles. The quantitative estimate of drug-likeness (QED) is 0.469. The van der Waals surface area contributed by atoms with Crippen molar-refractivity contribution in [2.75, 3.05) is 12.8 Å². The van der Waals surface area contributed by atoms with E-state index >= 15 is 0 Å². The second-order valence-electron chi connectivity index (χ2n) is 6.07. The lowest BCUT2D eigenvalue weighted by Gasteiger charge is -2.13. The van der Waals surface area contributed by atoms with Gasteiger partial charge >= 0.3 is 0 Å². The number of hydrogen-bond acceptors (Lipinski definition) is 4. The average Bonchev–Trinajstić information content (AvgIpc) is 2.54. The fourth-order valence-corrected chi connectivity index (χ4v) is 3.44. The molecule has 1 aliphatic carbocycles. The molecule has 1 amide bonds. The molecule has 4 nitrogen and oxygen atoms in total. The number of nitrogens with zero attached hydrogens (tertiary/aromatic N) is 2. The summed E-state index contributed by atoms with van der Waals surface area (Å²) in [7, 11) is 0. The van der Waals surface area contributed by atoms with Crippen LogP contribution in [0, 0.1) is 13.8 Å². The van der Waals surface area contributed by atoms with Crippen LogP contribution in [0.1, 0.15) is 55.5 Å². The second-order valence-corrected chi connectivity index (χ2v) is 6.84. The molecular weight excluding hydrogens is 306 g/mol. The Morgan fingerprint density at radius 1 is 1.22 bits per heavy atom. The first-order chi connectivity index (χ1) is 11.1. The van der Waals surface area contributed by atoms with Crippen molar-refractivity contribution in [2.45, 2.75) is 63.9 Å². The van der Waals surface area contributed by atoms with Gasteiger partial charge in [0.05, 0.1) is 0 Å². The SMILES string of the molecule is CSc1nc(C)c(CCC(=O)NCCC2=CCCCC2)c(C)n1. The second kappa shape index (κ2) is 9.06. The Bertz CT molecular complexity index is 561. The molecule has 5 heteroatoms. The third kappa shape index (κ3) is 5.65. The number of thioether (sulfide) groups is 1. The summed E-state index contributed by atoms with van der Waals surface area (Å²) in [5.74, 6) is 0.120. The maximum atomic E-state index is 12.0. The molecule has 1 heterocycles. The minimum atomic E-state index is 0.120. The molecule has 0 radical (unpaired) electrons. The van der Waals surface area contributed by atoms with Gasteiger partial charge in [0.15, 0.2) is 5.16 Å². The number of allylic oxidation sites excluding steroid dienone is 1. The highest BCUT2D eigenvalue weighted by molar-refractivity contribution is 7.98. The van der Waals surface area contributed by atoms with Crippen molar-refractivity contribution in [2.24, 2.45) is 0 Å². The first kappa shape index (κ1) is 18.0. The molecule has 1 aromatic heterocycles. The van der Waals surface area contributed by atoms with Crippen LogP contribution in [0.4, 0.5) is 0 Å². The first-order valence-electron chi connectivity index (χ1n) is 8.43. The molecule has 0 aromatic carbocycles. The molecule has 126 valence electrons. The lowest BCUT2D eigenvalue weighted by Crippen LogP contribution is -2.25.